The van der Waals surface area contributed by atoms with Gasteiger partial charge in [-0.05, 0) is 36.4 Å². The summed E-state index contributed by atoms with van der Waals surface area (Å²) in [6, 6.07) is 12.9. The number of halogens is 1. The molecule has 0 spiro atoms. The Hall–Kier alpha value is -2.99. The van der Waals surface area contributed by atoms with Gasteiger partial charge in [0, 0.05) is 28.5 Å². The minimum Gasteiger partial charge on any atom is -0.497 e. The molecule has 1 aliphatic heterocycles. The Balaban J connectivity index is 1.85. The van der Waals surface area contributed by atoms with Crippen LogP contribution in [-0.4, -0.2) is 29.9 Å². The number of benzene rings is 2. The Kier molecular flexibility index (Phi) is 4.49. The second-order valence-electron chi connectivity index (χ2n) is 6.25. The molecule has 2 heterocycles. The highest BCUT2D eigenvalue weighted by Crippen LogP contribution is 2.42. The Morgan fingerprint density at radius 3 is 2.74 bits per heavy atom. The molecule has 0 aliphatic carbocycles. The predicted octanol–water partition coefficient (Wildman–Crippen LogP) is 4.02. The lowest BCUT2D eigenvalue weighted by atomic mass is 9.86. The summed E-state index contributed by atoms with van der Waals surface area (Å²) in [5, 5.41) is 8.03. The van der Waals surface area contributed by atoms with Gasteiger partial charge in [-0.25, -0.2) is 4.68 Å². The zero-order valence-corrected chi connectivity index (χ0v) is 15.7. The van der Waals surface area contributed by atoms with E-state index in [-0.39, 0.29) is 11.8 Å². The molecule has 3 aromatic rings. The Labute approximate surface area is 161 Å². The van der Waals surface area contributed by atoms with Crippen LogP contribution < -0.4 is 14.8 Å². The van der Waals surface area contributed by atoms with Crippen molar-refractivity contribution in [2.75, 3.05) is 19.5 Å². The van der Waals surface area contributed by atoms with Crippen LogP contribution in [0, 0.1) is 0 Å². The van der Waals surface area contributed by atoms with E-state index in [1.807, 2.05) is 30.3 Å². The third kappa shape index (κ3) is 3.13. The SMILES string of the molecule is COc1ccc(OC)c(C2CC(=O)Nc3c2cnn3-c2cccc(Cl)c2)c1. The van der Waals surface area contributed by atoms with E-state index in [0.717, 1.165) is 16.8 Å². The number of ether oxygens (including phenoxy) is 2. The van der Waals surface area contributed by atoms with Gasteiger partial charge in [0.05, 0.1) is 26.1 Å². The molecule has 1 aromatic heterocycles. The van der Waals surface area contributed by atoms with Gasteiger partial charge in [0.2, 0.25) is 5.91 Å². The van der Waals surface area contributed by atoms with E-state index in [4.69, 9.17) is 21.1 Å². The quantitative estimate of drug-likeness (QED) is 0.739. The topological polar surface area (TPSA) is 65.4 Å². The number of hydrogen-bond acceptors (Lipinski definition) is 4. The van der Waals surface area contributed by atoms with Gasteiger partial charge in [0.25, 0.3) is 0 Å². The van der Waals surface area contributed by atoms with Crippen molar-refractivity contribution in [3.05, 3.63) is 64.8 Å². The number of amides is 1. The smallest absolute Gasteiger partial charge is 0.226 e. The molecule has 4 rings (SSSR count). The summed E-state index contributed by atoms with van der Waals surface area (Å²) >= 11 is 6.11. The molecule has 0 saturated carbocycles. The van der Waals surface area contributed by atoms with Crippen LogP contribution in [0.25, 0.3) is 5.69 Å². The van der Waals surface area contributed by atoms with E-state index < -0.39 is 0 Å². The van der Waals surface area contributed by atoms with Crippen LogP contribution in [0.2, 0.25) is 5.02 Å². The predicted molar refractivity (Wildman–Crippen MR) is 103 cm³/mol. The molecule has 27 heavy (non-hydrogen) atoms. The standard InChI is InChI=1S/C20H18ClN3O3/c1-26-14-6-7-18(27-2)16(9-14)15-10-19(25)23-20-17(15)11-22-24(20)13-5-3-4-12(21)8-13/h3-9,11,15H,10H2,1-2H3,(H,23,25). The normalized spacial score (nSPS) is 15.8. The van der Waals surface area contributed by atoms with Gasteiger partial charge in [-0.2, -0.15) is 5.10 Å². The molecule has 1 unspecified atom stereocenters. The van der Waals surface area contributed by atoms with Crippen molar-refractivity contribution in [3.8, 4) is 17.2 Å². The molecule has 7 heteroatoms. The lowest BCUT2D eigenvalue weighted by molar-refractivity contribution is -0.116. The monoisotopic (exact) mass is 383 g/mol. The molecule has 138 valence electrons. The highest BCUT2D eigenvalue weighted by molar-refractivity contribution is 6.30. The van der Waals surface area contributed by atoms with Gasteiger partial charge in [-0.3, -0.25) is 4.79 Å². The fourth-order valence-electron chi connectivity index (χ4n) is 3.41. The van der Waals surface area contributed by atoms with Crippen LogP contribution in [0.4, 0.5) is 5.82 Å². The van der Waals surface area contributed by atoms with E-state index in [2.05, 4.69) is 10.4 Å². The van der Waals surface area contributed by atoms with Crippen molar-refractivity contribution in [1.82, 2.24) is 9.78 Å². The summed E-state index contributed by atoms with van der Waals surface area (Å²) in [5.74, 6) is 1.79. The van der Waals surface area contributed by atoms with Gasteiger partial charge >= 0.3 is 0 Å². The number of rotatable bonds is 4. The maximum absolute atomic E-state index is 12.5. The lowest BCUT2D eigenvalue weighted by Gasteiger charge is -2.25. The second kappa shape index (κ2) is 6.96. The molecule has 0 radical (unpaired) electrons. The first-order valence-electron chi connectivity index (χ1n) is 8.46. The van der Waals surface area contributed by atoms with E-state index in [0.29, 0.717) is 28.8 Å². The van der Waals surface area contributed by atoms with Crippen molar-refractivity contribution in [2.45, 2.75) is 12.3 Å². The van der Waals surface area contributed by atoms with Gasteiger partial charge in [-0.1, -0.05) is 17.7 Å². The molecule has 1 amide bonds. The third-order valence-corrected chi connectivity index (χ3v) is 4.92. The highest BCUT2D eigenvalue weighted by atomic mass is 35.5. The van der Waals surface area contributed by atoms with Crippen LogP contribution in [0.15, 0.2) is 48.7 Å². The molecule has 6 nitrogen and oxygen atoms in total. The fourth-order valence-corrected chi connectivity index (χ4v) is 3.60. The van der Waals surface area contributed by atoms with Crippen LogP contribution >= 0.6 is 11.6 Å². The number of aromatic nitrogens is 2. The molecule has 0 saturated heterocycles. The first-order chi connectivity index (χ1) is 13.1. The van der Waals surface area contributed by atoms with Crippen molar-refractivity contribution in [2.24, 2.45) is 0 Å². The molecular formula is C20H18ClN3O3. The number of nitrogens with one attached hydrogen (secondary N) is 1. The molecule has 0 fully saturated rings. The highest BCUT2D eigenvalue weighted by Gasteiger charge is 2.32. The van der Waals surface area contributed by atoms with Crippen LogP contribution in [0.1, 0.15) is 23.5 Å². The van der Waals surface area contributed by atoms with Crippen molar-refractivity contribution in [3.63, 3.8) is 0 Å². The zero-order valence-electron chi connectivity index (χ0n) is 14.9. The van der Waals surface area contributed by atoms with Crippen molar-refractivity contribution < 1.29 is 14.3 Å². The minimum absolute atomic E-state index is 0.0823. The summed E-state index contributed by atoms with van der Waals surface area (Å²) < 4.78 is 12.6. The van der Waals surface area contributed by atoms with Gasteiger partial charge in [-0.15, -0.1) is 0 Å². The number of carbonyl (C=O) groups is 1. The fraction of sp³-hybridized carbons (Fsp3) is 0.200. The number of hydrogen-bond donors (Lipinski definition) is 1. The maximum Gasteiger partial charge on any atom is 0.226 e. The van der Waals surface area contributed by atoms with E-state index in [1.165, 1.54) is 0 Å². The number of fused-ring (bicyclic) bond motifs is 1. The first kappa shape index (κ1) is 17.4. The molecule has 1 aliphatic rings. The minimum atomic E-state index is -0.188. The average Bonchev–Trinajstić information content (AvgIpc) is 3.10. The summed E-state index contributed by atoms with van der Waals surface area (Å²) in [5.41, 5.74) is 2.59. The lowest BCUT2D eigenvalue weighted by Crippen LogP contribution is -2.24. The Morgan fingerprint density at radius 1 is 1.15 bits per heavy atom. The summed E-state index contributed by atoms with van der Waals surface area (Å²) in [6.45, 7) is 0. The Morgan fingerprint density at radius 2 is 2.00 bits per heavy atom. The van der Waals surface area contributed by atoms with Gasteiger partial charge in [0.15, 0.2) is 0 Å². The van der Waals surface area contributed by atoms with Crippen LogP contribution in [0.5, 0.6) is 11.5 Å². The number of methoxy groups -OCH3 is 2. The second-order valence-corrected chi connectivity index (χ2v) is 6.69. The number of nitrogens with zero attached hydrogens (tertiary/aromatic N) is 2. The summed E-state index contributed by atoms with van der Waals surface area (Å²) in [6.07, 6.45) is 2.08. The van der Waals surface area contributed by atoms with E-state index in [9.17, 15) is 4.79 Å². The maximum atomic E-state index is 12.5. The van der Waals surface area contributed by atoms with E-state index in [1.54, 1.807) is 37.2 Å². The number of carbonyl (C=O) groups excluding carboxylic acids is 1. The molecule has 1 atom stereocenters. The van der Waals surface area contributed by atoms with Crippen molar-refractivity contribution in [1.29, 1.82) is 0 Å². The molecule has 2 aromatic carbocycles. The average molecular weight is 384 g/mol. The van der Waals surface area contributed by atoms with Crippen LogP contribution in [0.3, 0.4) is 0 Å². The largest absolute Gasteiger partial charge is 0.497 e. The first-order valence-corrected chi connectivity index (χ1v) is 8.84. The molecular weight excluding hydrogens is 366 g/mol. The molecule has 1 N–H and O–H groups in total. The van der Waals surface area contributed by atoms with Crippen molar-refractivity contribution >= 4 is 23.3 Å². The third-order valence-electron chi connectivity index (χ3n) is 4.69. The van der Waals surface area contributed by atoms with Gasteiger partial charge in [0.1, 0.15) is 17.3 Å². The molecule has 0 bridgehead atoms. The van der Waals surface area contributed by atoms with Crippen LogP contribution in [-0.2, 0) is 4.79 Å². The van der Waals surface area contributed by atoms with Gasteiger partial charge < -0.3 is 14.8 Å². The zero-order chi connectivity index (χ0) is 19.0. The summed E-state index contributed by atoms with van der Waals surface area (Å²) in [4.78, 5) is 12.5. The van der Waals surface area contributed by atoms with E-state index >= 15 is 0 Å². The Bertz CT molecular complexity index is 1020. The number of anilines is 1. The summed E-state index contributed by atoms with van der Waals surface area (Å²) in [7, 11) is 3.23.